The predicted octanol–water partition coefficient (Wildman–Crippen LogP) is 4.32. The van der Waals surface area contributed by atoms with Crippen molar-refractivity contribution in [1.29, 1.82) is 0 Å². The zero-order chi connectivity index (χ0) is 13.0. The number of hydrogen-bond donors (Lipinski definition) is 0. The molecule has 0 aliphatic rings. The standard InChI is InChI=1S/C12H25O4P/c1-4-7-8-9-10-11-12-16-17(13,14-5-2)15-6-3/h10-11H,4-9,12H2,1-3H3/b11-10+. The molecule has 17 heavy (non-hydrogen) atoms. The maximum absolute atomic E-state index is 11.8. The summed E-state index contributed by atoms with van der Waals surface area (Å²) in [6, 6.07) is 0. The summed E-state index contributed by atoms with van der Waals surface area (Å²) in [6.07, 6.45) is 8.57. The van der Waals surface area contributed by atoms with Gasteiger partial charge in [-0.25, -0.2) is 4.57 Å². The summed E-state index contributed by atoms with van der Waals surface area (Å²) in [5.74, 6) is 0. The van der Waals surface area contributed by atoms with Crippen molar-refractivity contribution in [3.05, 3.63) is 12.2 Å². The molecular weight excluding hydrogens is 239 g/mol. The molecule has 102 valence electrons. The summed E-state index contributed by atoms with van der Waals surface area (Å²) >= 11 is 0. The lowest BCUT2D eigenvalue weighted by Gasteiger charge is -2.14. The molecule has 0 bridgehead atoms. The molecule has 0 aliphatic carbocycles. The van der Waals surface area contributed by atoms with Gasteiger partial charge in [-0.3, -0.25) is 13.6 Å². The number of phosphoric acid groups is 1. The second-order valence-electron chi connectivity index (χ2n) is 3.55. The van der Waals surface area contributed by atoms with Crippen molar-refractivity contribution in [3.8, 4) is 0 Å². The quantitative estimate of drug-likeness (QED) is 0.317. The Bertz CT molecular complexity index is 231. The van der Waals surface area contributed by atoms with Gasteiger partial charge in [-0.1, -0.05) is 31.9 Å². The fraction of sp³-hybridized carbons (Fsp3) is 0.833. The summed E-state index contributed by atoms with van der Waals surface area (Å²) in [5, 5.41) is 0. The first-order valence-corrected chi connectivity index (χ1v) is 7.83. The van der Waals surface area contributed by atoms with Crippen LogP contribution in [0.15, 0.2) is 12.2 Å². The Morgan fingerprint density at radius 1 is 0.941 bits per heavy atom. The van der Waals surface area contributed by atoms with Crippen LogP contribution in [-0.4, -0.2) is 19.8 Å². The number of hydrogen-bond acceptors (Lipinski definition) is 4. The van der Waals surface area contributed by atoms with Gasteiger partial charge < -0.3 is 0 Å². The molecule has 0 N–H and O–H groups in total. The topological polar surface area (TPSA) is 44.8 Å². The molecule has 0 amide bonds. The zero-order valence-corrected chi connectivity index (χ0v) is 12.1. The Morgan fingerprint density at radius 3 is 2.12 bits per heavy atom. The molecule has 4 nitrogen and oxygen atoms in total. The van der Waals surface area contributed by atoms with E-state index in [9.17, 15) is 4.57 Å². The van der Waals surface area contributed by atoms with E-state index in [1.54, 1.807) is 13.8 Å². The number of unbranched alkanes of at least 4 members (excludes halogenated alkanes) is 3. The van der Waals surface area contributed by atoms with Gasteiger partial charge in [0.15, 0.2) is 0 Å². The summed E-state index contributed by atoms with van der Waals surface area (Å²) < 4.78 is 27.0. The second kappa shape index (κ2) is 11.0. The molecule has 0 spiro atoms. The summed E-state index contributed by atoms with van der Waals surface area (Å²) in [7, 11) is -3.33. The fourth-order valence-corrected chi connectivity index (χ4v) is 2.39. The number of phosphoric ester groups is 1. The van der Waals surface area contributed by atoms with Gasteiger partial charge in [0.05, 0.1) is 19.8 Å². The predicted molar refractivity (Wildman–Crippen MR) is 70.1 cm³/mol. The number of rotatable bonds is 11. The van der Waals surface area contributed by atoms with Gasteiger partial charge in [-0.05, 0) is 26.7 Å². The van der Waals surface area contributed by atoms with E-state index >= 15 is 0 Å². The molecule has 0 unspecified atom stereocenters. The lowest BCUT2D eigenvalue weighted by atomic mass is 10.2. The van der Waals surface area contributed by atoms with Crippen molar-refractivity contribution >= 4 is 7.82 Å². The molecule has 0 atom stereocenters. The average Bonchev–Trinajstić information content (AvgIpc) is 2.28. The van der Waals surface area contributed by atoms with Gasteiger partial charge in [-0.2, -0.15) is 0 Å². The second-order valence-corrected chi connectivity index (χ2v) is 5.21. The Kier molecular flexibility index (Phi) is 10.9. The van der Waals surface area contributed by atoms with E-state index in [1.807, 2.05) is 12.2 Å². The maximum Gasteiger partial charge on any atom is 0.475 e. The monoisotopic (exact) mass is 264 g/mol. The Morgan fingerprint density at radius 2 is 1.59 bits per heavy atom. The molecule has 0 fully saturated rings. The van der Waals surface area contributed by atoms with Crippen LogP contribution in [0.4, 0.5) is 0 Å². The third kappa shape index (κ3) is 9.54. The van der Waals surface area contributed by atoms with Crippen LogP contribution in [-0.2, 0) is 18.1 Å². The van der Waals surface area contributed by atoms with Crippen molar-refractivity contribution in [3.63, 3.8) is 0 Å². The van der Waals surface area contributed by atoms with E-state index in [0.717, 1.165) is 6.42 Å². The van der Waals surface area contributed by atoms with Crippen molar-refractivity contribution in [2.75, 3.05) is 19.8 Å². The number of allylic oxidation sites excluding steroid dienone is 1. The Hall–Kier alpha value is -0.150. The van der Waals surface area contributed by atoms with Crippen molar-refractivity contribution < 1.29 is 18.1 Å². The molecule has 0 saturated carbocycles. The van der Waals surface area contributed by atoms with E-state index in [4.69, 9.17) is 13.6 Å². The molecule has 0 aliphatic heterocycles. The molecule has 0 heterocycles. The van der Waals surface area contributed by atoms with Crippen LogP contribution in [0.3, 0.4) is 0 Å². The molecule has 0 aromatic heterocycles. The normalized spacial score (nSPS) is 12.4. The van der Waals surface area contributed by atoms with Gasteiger partial charge in [0, 0.05) is 0 Å². The minimum absolute atomic E-state index is 0.267. The largest absolute Gasteiger partial charge is 0.475 e. The SMILES string of the molecule is CCCCC/C=C/COP(=O)(OCC)OCC. The van der Waals surface area contributed by atoms with Crippen LogP contribution in [0, 0.1) is 0 Å². The molecule has 5 heteroatoms. The Balaban J connectivity index is 3.78. The molecule has 0 saturated heterocycles. The highest BCUT2D eigenvalue weighted by molar-refractivity contribution is 7.48. The van der Waals surface area contributed by atoms with E-state index in [0.29, 0.717) is 13.2 Å². The van der Waals surface area contributed by atoms with Gasteiger partial charge >= 0.3 is 7.82 Å². The first-order valence-electron chi connectivity index (χ1n) is 6.37. The van der Waals surface area contributed by atoms with Gasteiger partial charge in [0.2, 0.25) is 0 Å². The van der Waals surface area contributed by atoms with Gasteiger partial charge in [0.1, 0.15) is 0 Å². The van der Waals surface area contributed by atoms with Crippen molar-refractivity contribution in [1.82, 2.24) is 0 Å². The van der Waals surface area contributed by atoms with Crippen LogP contribution in [0.2, 0.25) is 0 Å². The third-order valence-electron chi connectivity index (χ3n) is 2.04. The highest BCUT2D eigenvalue weighted by atomic mass is 31.2. The molecular formula is C12H25O4P. The van der Waals surface area contributed by atoms with E-state index in [1.165, 1.54) is 19.3 Å². The molecule has 0 radical (unpaired) electrons. The zero-order valence-electron chi connectivity index (χ0n) is 11.2. The minimum Gasteiger partial charge on any atom is -0.287 e. The first-order chi connectivity index (χ1) is 8.18. The van der Waals surface area contributed by atoms with Crippen LogP contribution < -0.4 is 0 Å². The minimum atomic E-state index is -3.33. The molecule has 0 aromatic rings. The molecule has 0 aromatic carbocycles. The summed E-state index contributed by atoms with van der Waals surface area (Å²) in [4.78, 5) is 0. The Labute approximate surface area is 105 Å². The highest BCUT2D eigenvalue weighted by Gasteiger charge is 2.24. The lowest BCUT2D eigenvalue weighted by molar-refractivity contribution is 0.131. The van der Waals surface area contributed by atoms with E-state index in [2.05, 4.69) is 6.92 Å². The van der Waals surface area contributed by atoms with Crippen molar-refractivity contribution in [2.24, 2.45) is 0 Å². The van der Waals surface area contributed by atoms with Crippen LogP contribution in [0.25, 0.3) is 0 Å². The van der Waals surface area contributed by atoms with E-state index in [-0.39, 0.29) is 6.61 Å². The molecule has 0 rings (SSSR count). The average molecular weight is 264 g/mol. The van der Waals surface area contributed by atoms with Crippen molar-refractivity contribution in [2.45, 2.75) is 46.5 Å². The lowest BCUT2D eigenvalue weighted by Crippen LogP contribution is -2.00. The van der Waals surface area contributed by atoms with Crippen LogP contribution in [0.5, 0.6) is 0 Å². The summed E-state index contributed by atoms with van der Waals surface area (Å²) in [6.45, 7) is 6.59. The van der Waals surface area contributed by atoms with Crippen LogP contribution >= 0.6 is 7.82 Å². The van der Waals surface area contributed by atoms with Gasteiger partial charge in [0.25, 0.3) is 0 Å². The van der Waals surface area contributed by atoms with Gasteiger partial charge in [-0.15, -0.1) is 0 Å². The van der Waals surface area contributed by atoms with E-state index < -0.39 is 7.82 Å². The smallest absolute Gasteiger partial charge is 0.287 e. The summed E-state index contributed by atoms with van der Waals surface area (Å²) in [5.41, 5.74) is 0. The highest BCUT2D eigenvalue weighted by Crippen LogP contribution is 2.48. The van der Waals surface area contributed by atoms with Crippen LogP contribution in [0.1, 0.15) is 46.5 Å². The first kappa shape index (κ1) is 16.9. The fourth-order valence-electron chi connectivity index (χ4n) is 1.26. The maximum atomic E-state index is 11.8. The third-order valence-corrected chi connectivity index (χ3v) is 3.66.